The summed E-state index contributed by atoms with van der Waals surface area (Å²) >= 11 is 0. The molecule has 0 aromatic heterocycles. The largest absolute Gasteiger partial charge is 0.478 e. The molecule has 5 unspecified atom stereocenters. The van der Waals surface area contributed by atoms with Crippen LogP contribution in [-0.2, 0) is 28.6 Å². The Balaban J connectivity index is 2.64. The zero-order valence-electron chi connectivity index (χ0n) is 21.9. The van der Waals surface area contributed by atoms with Gasteiger partial charge >= 0.3 is 11.9 Å². The average molecular weight is 513 g/mol. The van der Waals surface area contributed by atoms with Gasteiger partial charge in [0.2, 0.25) is 11.7 Å². The summed E-state index contributed by atoms with van der Waals surface area (Å²) < 4.78 is 16.5. The molecular formula is C26H44N2O8. The summed E-state index contributed by atoms with van der Waals surface area (Å²) in [5.41, 5.74) is 0. The third-order valence-corrected chi connectivity index (χ3v) is 6.11. The van der Waals surface area contributed by atoms with Crippen molar-refractivity contribution in [3.63, 3.8) is 0 Å². The third kappa shape index (κ3) is 11.5. The van der Waals surface area contributed by atoms with Crippen molar-refractivity contribution in [2.45, 2.75) is 109 Å². The van der Waals surface area contributed by atoms with E-state index in [-0.39, 0.29) is 19.6 Å². The molecule has 0 radical (unpaired) electrons. The van der Waals surface area contributed by atoms with Crippen LogP contribution in [0.3, 0.4) is 0 Å². The van der Waals surface area contributed by atoms with E-state index >= 15 is 0 Å². The molecule has 1 aliphatic rings. The molecule has 0 fully saturated rings. The van der Waals surface area contributed by atoms with Crippen LogP contribution in [0.1, 0.15) is 85.0 Å². The van der Waals surface area contributed by atoms with Crippen LogP contribution >= 0.6 is 0 Å². The van der Waals surface area contributed by atoms with Gasteiger partial charge in [0.15, 0.2) is 0 Å². The smallest absolute Gasteiger partial charge is 0.370 e. The van der Waals surface area contributed by atoms with E-state index < -0.39 is 53.9 Å². The van der Waals surface area contributed by atoms with Crippen molar-refractivity contribution in [2.75, 3.05) is 13.2 Å². The molecular weight excluding hydrogens is 468 g/mol. The molecule has 5 atom stereocenters. The predicted molar refractivity (Wildman–Crippen MR) is 135 cm³/mol. The first kappa shape index (κ1) is 31.6. The predicted octanol–water partition coefficient (Wildman–Crippen LogP) is 3.35. The Labute approximate surface area is 214 Å². The second-order valence-corrected chi connectivity index (χ2v) is 9.14. The topological polar surface area (TPSA) is 155 Å². The Bertz CT molecular complexity index is 727. The van der Waals surface area contributed by atoms with Crippen LogP contribution < -0.4 is 5.32 Å². The lowest BCUT2D eigenvalue weighted by molar-refractivity contribution is -0.163. The van der Waals surface area contributed by atoms with E-state index in [9.17, 15) is 24.6 Å². The number of unbranched alkanes of at least 4 members (excludes halogenated alkanes) is 8. The molecule has 0 aromatic carbocycles. The summed E-state index contributed by atoms with van der Waals surface area (Å²) in [7, 11) is 0. The Hall–Kier alpha value is -2.46. The van der Waals surface area contributed by atoms with Gasteiger partial charge in [-0.15, -0.1) is 0 Å². The molecule has 1 heterocycles. The first-order valence-electron chi connectivity index (χ1n) is 13.1. The maximum atomic E-state index is 12.2. The fraction of sp³-hybridized carbons (Fsp3) is 0.769. The van der Waals surface area contributed by atoms with E-state index in [1.165, 1.54) is 45.1 Å². The van der Waals surface area contributed by atoms with Gasteiger partial charge in [0.05, 0.1) is 6.04 Å². The lowest BCUT2D eigenvalue weighted by Gasteiger charge is -2.40. The molecule has 10 heteroatoms. The Morgan fingerprint density at radius 2 is 1.72 bits per heavy atom. The standard InChI is InChI=1S/C26H44N2O8/c1-4-6-7-8-9-10-11-12-13-14-22(31)35-17-20(30)24(34-5-2)25-23(28-18(3)29)19(16-27)15-21(36-25)26(32)33/h15-16,19-20,23-25,27,30H,4-14,17H2,1-3H3,(H,28,29)(H,32,33). The van der Waals surface area contributed by atoms with E-state index in [2.05, 4.69) is 12.2 Å². The van der Waals surface area contributed by atoms with Crippen molar-refractivity contribution in [2.24, 2.45) is 5.92 Å². The lowest BCUT2D eigenvalue weighted by Crippen LogP contribution is -2.59. The van der Waals surface area contributed by atoms with Gasteiger partial charge in [0.25, 0.3) is 0 Å². The average Bonchev–Trinajstić information content (AvgIpc) is 2.84. The van der Waals surface area contributed by atoms with Crippen molar-refractivity contribution >= 4 is 24.1 Å². The zero-order chi connectivity index (χ0) is 26.9. The minimum Gasteiger partial charge on any atom is -0.478 e. The van der Waals surface area contributed by atoms with Crippen molar-refractivity contribution in [3.05, 3.63) is 11.8 Å². The highest BCUT2D eigenvalue weighted by Crippen LogP contribution is 2.27. The minimum atomic E-state index is -1.34. The lowest BCUT2D eigenvalue weighted by atomic mass is 9.87. The van der Waals surface area contributed by atoms with Crippen LogP contribution in [0.5, 0.6) is 0 Å². The fourth-order valence-electron chi connectivity index (χ4n) is 4.26. The molecule has 0 spiro atoms. The molecule has 4 N–H and O–H groups in total. The van der Waals surface area contributed by atoms with E-state index in [1.807, 2.05) is 0 Å². The first-order valence-corrected chi connectivity index (χ1v) is 13.1. The fourth-order valence-corrected chi connectivity index (χ4v) is 4.26. The van der Waals surface area contributed by atoms with Crippen LogP contribution in [0.15, 0.2) is 11.8 Å². The van der Waals surface area contributed by atoms with Gasteiger partial charge in [-0.25, -0.2) is 4.79 Å². The van der Waals surface area contributed by atoms with Gasteiger partial charge in [-0.1, -0.05) is 58.3 Å². The van der Waals surface area contributed by atoms with Gasteiger partial charge in [-0.2, -0.15) is 0 Å². The molecule has 1 amide bonds. The minimum absolute atomic E-state index is 0.155. The van der Waals surface area contributed by atoms with Gasteiger partial charge in [0.1, 0.15) is 24.9 Å². The highest BCUT2D eigenvalue weighted by atomic mass is 16.6. The molecule has 206 valence electrons. The number of ether oxygens (including phenoxy) is 3. The number of hydrogen-bond acceptors (Lipinski definition) is 8. The van der Waals surface area contributed by atoms with E-state index in [1.54, 1.807) is 6.92 Å². The summed E-state index contributed by atoms with van der Waals surface area (Å²) in [5, 5.41) is 30.5. The molecule has 1 aliphatic heterocycles. The van der Waals surface area contributed by atoms with Crippen LogP contribution in [0.2, 0.25) is 0 Å². The molecule has 0 saturated heterocycles. The number of carboxylic acids is 1. The maximum absolute atomic E-state index is 12.2. The van der Waals surface area contributed by atoms with Crippen LogP contribution in [-0.4, -0.2) is 71.8 Å². The Kier molecular flexibility index (Phi) is 15.7. The molecule has 36 heavy (non-hydrogen) atoms. The van der Waals surface area contributed by atoms with Gasteiger partial charge in [0, 0.05) is 32.1 Å². The van der Waals surface area contributed by atoms with Gasteiger partial charge in [-0.05, 0) is 19.4 Å². The van der Waals surface area contributed by atoms with Crippen molar-refractivity contribution in [3.8, 4) is 0 Å². The number of carbonyl (C=O) groups excluding carboxylic acids is 2. The summed E-state index contributed by atoms with van der Waals surface area (Å²) in [6, 6.07) is -0.855. The monoisotopic (exact) mass is 512 g/mol. The number of aliphatic carboxylic acids is 1. The third-order valence-electron chi connectivity index (χ3n) is 6.11. The summed E-state index contributed by atoms with van der Waals surface area (Å²) in [5.74, 6) is -3.38. The Morgan fingerprint density at radius 3 is 2.25 bits per heavy atom. The van der Waals surface area contributed by atoms with Gasteiger partial charge in [-0.3, -0.25) is 9.59 Å². The van der Waals surface area contributed by atoms with Crippen molar-refractivity contribution < 1.29 is 38.8 Å². The van der Waals surface area contributed by atoms with E-state index in [4.69, 9.17) is 19.6 Å². The second kappa shape index (κ2) is 17.9. The number of aliphatic hydroxyl groups excluding tert-OH is 1. The van der Waals surface area contributed by atoms with Crippen LogP contribution in [0.25, 0.3) is 0 Å². The normalized spacial score (nSPS) is 21.0. The van der Waals surface area contributed by atoms with E-state index in [0.717, 1.165) is 25.5 Å². The maximum Gasteiger partial charge on any atom is 0.370 e. The molecule has 0 aliphatic carbocycles. The summed E-state index contributed by atoms with van der Waals surface area (Å²) in [4.78, 5) is 35.5. The molecule has 1 rings (SSSR count). The first-order chi connectivity index (χ1) is 17.2. The number of esters is 1. The van der Waals surface area contributed by atoms with Crippen LogP contribution in [0.4, 0.5) is 0 Å². The molecule has 0 bridgehead atoms. The molecule has 0 saturated carbocycles. The zero-order valence-corrected chi connectivity index (χ0v) is 21.9. The Morgan fingerprint density at radius 1 is 1.11 bits per heavy atom. The number of carbonyl (C=O) groups is 3. The van der Waals surface area contributed by atoms with Gasteiger partial charge < -0.3 is 35.1 Å². The number of aliphatic hydroxyl groups is 1. The molecule has 10 nitrogen and oxygen atoms in total. The van der Waals surface area contributed by atoms with Crippen molar-refractivity contribution in [1.82, 2.24) is 5.32 Å². The SMILES string of the molecule is CCCCCCCCCCCC(=O)OCC(O)C(OCC)C1OC(C(=O)O)=CC(C=N)C1NC(C)=O. The van der Waals surface area contributed by atoms with Crippen molar-refractivity contribution in [1.29, 1.82) is 5.41 Å². The number of carboxylic acid groups (broad SMARTS) is 1. The highest BCUT2D eigenvalue weighted by Gasteiger charge is 2.44. The highest BCUT2D eigenvalue weighted by molar-refractivity contribution is 5.86. The molecule has 0 aromatic rings. The summed E-state index contributed by atoms with van der Waals surface area (Å²) in [6.45, 7) is 4.96. The second-order valence-electron chi connectivity index (χ2n) is 9.14. The quantitative estimate of drug-likeness (QED) is 0.117. The van der Waals surface area contributed by atoms with Crippen LogP contribution in [0, 0.1) is 11.3 Å². The number of amides is 1. The number of hydrogen-bond donors (Lipinski definition) is 4. The summed E-state index contributed by atoms with van der Waals surface area (Å²) in [6.07, 6.45) is 9.06. The number of rotatable bonds is 19. The number of nitrogens with one attached hydrogen (secondary N) is 2. The van der Waals surface area contributed by atoms with E-state index in [0.29, 0.717) is 6.42 Å².